The molecule has 3 aromatic carbocycles. The summed E-state index contributed by atoms with van der Waals surface area (Å²) in [6.07, 6.45) is 0. The molecule has 0 aliphatic heterocycles. The topological polar surface area (TPSA) is 96.0 Å². The van der Waals surface area contributed by atoms with Gasteiger partial charge in [-0.2, -0.15) is 0 Å². The van der Waals surface area contributed by atoms with Crippen LogP contribution < -0.4 is 14.4 Å². The van der Waals surface area contributed by atoms with Crippen LogP contribution in [0.3, 0.4) is 0 Å². The average molecular weight is 589 g/mol. The van der Waals surface area contributed by atoms with Gasteiger partial charge in [0, 0.05) is 17.6 Å². The van der Waals surface area contributed by atoms with Gasteiger partial charge in [0.1, 0.15) is 18.3 Å². The number of likely N-dealkylation sites (N-methyl/N-ethyl adjacent to an activating group) is 1. The third kappa shape index (κ3) is 6.90. The highest BCUT2D eigenvalue weighted by molar-refractivity contribution is 9.10. The van der Waals surface area contributed by atoms with E-state index in [2.05, 4.69) is 21.2 Å². The third-order valence-corrected chi connectivity index (χ3v) is 7.99. The molecular formula is C27H30BrN3O5S. The number of nitrogens with one attached hydrogen (secondary N) is 1. The number of benzene rings is 3. The lowest BCUT2D eigenvalue weighted by Crippen LogP contribution is -2.51. The number of methoxy groups -OCH3 is 1. The molecule has 0 fully saturated rings. The van der Waals surface area contributed by atoms with E-state index in [1.54, 1.807) is 56.3 Å². The van der Waals surface area contributed by atoms with Crippen LogP contribution in [0.5, 0.6) is 5.75 Å². The number of carbonyl (C=O) groups is 2. The van der Waals surface area contributed by atoms with Gasteiger partial charge >= 0.3 is 0 Å². The monoisotopic (exact) mass is 587 g/mol. The number of hydrogen-bond acceptors (Lipinski definition) is 5. The van der Waals surface area contributed by atoms with E-state index in [1.807, 2.05) is 24.3 Å². The molecule has 0 spiro atoms. The van der Waals surface area contributed by atoms with Crippen LogP contribution in [-0.2, 0) is 26.2 Å². The minimum absolute atomic E-state index is 0.0315. The zero-order valence-corrected chi connectivity index (χ0v) is 23.3. The Balaban J connectivity index is 2.06. The molecule has 0 radical (unpaired) electrons. The molecular weight excluding hydrogens is 558 g/mol. The normalized spacial score (nSPS) is 11.9. The molecule has 37 heavy (non-hydrogen) atoms. The van der Waals surface area contributed by atoms with Crippen LogP contribution >= 0.6 is 15.9 Å². The van der Waals surface area contributed by atoms with E-state index in [1.165, 1.54) is 24.1 Å². The van der Waals surface area contributed by atoms with Crippen LogP contribution in [0.2, 0.25) is 0 Å². The van der Waals surface area contributed by atoms with E-state index in [-0.39, 0.29) is 23.0 Å². The van der Waals surface area contributed by atoms with Crippen LogP contribution in [0.4, 0.5) is 5.69 Å². The van der Waals surface area contributed by atoms with Gasteiger partial charge in [-0.05, 0) is 55.8 Å². The lowest BCUT2D eigenvalue weighted by molar-refractivity contribution is -0.139. The summed E-state index contributed by atoms with van der Waals surface area (Å²) in [5.41, 5.74) is 1.00. The Morgan fingerprint density at radius 3 is 2.32 bits per heavy atom. The van der Waals surface area contributed by atoms with Gasteiger partial charge in [-0.15, -0.1) is 0 Å². The summed E-state index contributed by atoms with van der Waals surface area (Å²) >= 11 is 3.43. The first kappa shape index (κ1) is 28.2. The molecule has 0 saturated carbocycles. The molecule has 10 heteroatoms. The molecule has 1 N–H and O–H groups in total. The number of ether oxygens (including phenoxy) is 1. The van der Waals surface area contributed by atoms with Crippen molar-refractivity contribution in [3.05, 3.63) is 88.9 Å². The maximum absolute atomic E-state index is 13.8. The zero-order valence-electron chi connectivity index (χ0n) is 20.9. The quantitative estimate of drug-likeness (QED) is 0.362. The maximum Gasteiger partial charge on any atom is 0.264 e. The Labute approximate surface area is 226 Å². The van der Waals surface area contributed by atoms with Crippen LogP contribution in [0.25, 0.3) is 0 Å². The van der Waals surface area contributed by atoms with Crippen molar-refractivity contribution in [2.24, 2.45) is 0 Å². The Hall–Kier alpha value is -3.37. The molecule has 3 rings (SSSR count). The highest BCUT2D eigenvalue weighted by atomic mass is 79.9. The van der Waals surface area contributed by atoms with E-state index >= 15 is 0 Å². The van der Waals surface area contributed by atoms with E-state index in [0.29, 0.717) is 12.3 Å². The smallest absolute Gasteiger partial charge is 0.264 e. The Morgan fingerprint density at radius 2 is 1.68 bits per heavy atom. The van der Waals surface area contributed by atoms with Crippen molar-refractivity contribution in [3.8, 4) is 5.75 Å². The number of rotatable bonds is 11. The molecule has 0 aromatic heterocycles. The van der Waals surface area contributed by atoms with Gasteiger partial charge in [-0.1, -0.05) is 58.4 Å². The number of para-hydroxylation sites is 2. The van der Waals surface area contributed by atoms with Gasteiger partial charge in [-0.3, -0.25) is 13.9 Å². The second-order valence-electron chi connectivity index (χ2n) is 8.22. The third-order valence-electron chi connectivity index (χ3n) is 5.72. The Morgan fingerprint density at radius 1 is 1.00 bits per heavy atom. The summed E-state index contributed by atoms with van der Waals surface area (Å²) in [5.74, 6) is -0.574. The second kappa shape index (κ2) is 12.7. The number of amides is 2. The summed E-state index contributed by atoms with van der Waals surface area (Å²) in [5, 5.41) is 2.74. The van der Waals surface area contributed by atoms with Crippen molar-refractivity contribution in [1.82, 2.24) is 10.2 Å². The Kier molecular flexibility index (Phi) is 9.71. The molecule has 0 aliphatic carbocycles. The molecule has 0 saturated heterocycles. The predicted molar refractivity (Wildman–Crippen MR) is 147 cm³/mol. The van der Waals surface area contributed by atoms with Gasteiger partial charge in [0.25, 0.3) is 10.0 Å². The lowest BCUT2D eigenvalue weighted by Gasteiger charge is -2.32. The van der Waals surface area contributed by atoms with Crippen molar-refractivity contribution in [2.45, 2.75) is 31.3 Å². The number of nitrogens with zero attached hydrogens (tertiary/aromatic N) is 2. The molecule has 196 valence electrons. The van der Waals surface area contributed by atoms with Crippen molar-refractivity contribution < 1.29 is 22.7 Å². The lowest BCUT2D eigenvalue weighted by atomic mass is 10.1. The fourth-order valence-electron chi connectivity index (χ4n) is 3.81. The van der Waals surface area contributed by atoms with E-state index in [4.69, 9.17) is 4.74 Å². The molecule has 8 nitrogen and oxygen atoms in total. The molecule has 1 atom stereocenters. The second-order valence-corrected chi connectivity index (χ2v) is 11.0. The highest BCUT2D eigenvalue weighted by Crippen LogP contribution is 2.32. The standard InChI is InChI=1S/C27H30BrN3O5S/c1-4-29-27(33)20(2)30(18-21-11-10-12-22(28)17-21)26(32)19-31(24-15-8-9-16-25(24)36-3)37(34,35)23-13-6-5-7-14-23/h5-17,20H,4,18-19H2,1-3H3,(H,29,33)/t20-/m1/s1. The fourth-order valence-corrected chi connectivity index (χ4v) is 5.70. The molecule has 2 amide bonds. The summed E-state index contributed by atoms with van der Waals surface area (Å²) in [6, 6.07) is 21.0. The number of anilines is 1. The fraction of sp³-hybridized carbons (Fsp3) is 0.259. The first-order valence-corrected chi connectivity index (χ1v) is 13.9. The molecule has 0 heterocycles. The first-order valence-electron chi connectivity index (χ1n) is 11.7. The van der Waals surface area contributed by atoms with E-state index < -0.39 is 28.5 Å². The van der Waals surface area contributed by atoms with E-state index in [0.717, 1.165) is 14.3 Å². The van der Waals surface area contributed by atoms with Gasteiger partial charge in [0.2, 0.25) is 11.8 Å². The minimum atomic E-state index is -4.15. The van der Waals surface area contributed by atoms with Crippen LogP contribution in [-0.4, -0.2) is 51.4 Å². The minimum Gasteiger partial charge on any atom is -0.495 e. The molecule has 0 unspecified atom stereocenters. The number of carbonyl (C=O) groups excluding carboxylic acids is 2. The average Bonchev–Trinajstić information content (AvgIpc) is 2.90. The first-order chi connectivity index (χ1) is 17.7. The summed E-state index contributed by atoms with van der Waals surface area (Å²) in [7, 11) is -2.72. The van der Waals surface area contributed by atoms with Gasteiger partial charge in [0.05, 0.1) is 17.7 Å². The summed E-state index contributed by atoms with van der Waals surface area (Å²) in [6.45, 7) is 3.40. The van der Waals surface area contributed by atoms with Crippen molar-refractivity contribution in [2.75, 3.05) is 24.5 Å². The van der Waals surface area contributed by atoms with Gasteiger partial charge in [-0.25, -0.2) is 8.42 Å². The Bertz CT molecular complexity index is 1330. The summed E-state index contributed by atoms with van der Waals surface area (Å²) < 4.78 is 34.8. The van der Waals surface area contributed by atoms with Crippen molar-refractivity contribution >= 4 is 43.5 Å². The largest absolute Gasteiger partial charge is 0.495 e. The predicted octanol–water partition coefficient (Wildman–Crippen LogP) is 4.21. The van der Waals surface area contributed by atoms with Gasteiger partial charge < -0.3 is 15.0 Å². The van der Waals surface area contributed by atoms with Crippen LogP contribution in [0, 0.1) is 0 Å². The zero-order chi connectivity index (χ0) is 27.0. The maximum atomic E-state index is 13.8. The summed E-state index contributed by atoms with van der Waals surface area (Å²) in [4.78, 5) is 28.0. The van der Waals surface area contributed by atoms with Crippen LogP contribution in [0.1, 0.15) is 19.4 Å². The van der Waals surface area contributed by atoms with Crippen molar-refractivity contribution in [3.63, 3.8) is 0 Å². The molecule has 3 aromatic rings. The highest BCUT2D eigenvalue weighted by Gasteiger charge is 2.33. The number of sulfonamides is 1. The van der Waals surface area contributed by atoms with Crippen LogP contribution in [0.15, 0.2) is 88.2 Å². The molecule has 0 aliphatic rings. The number of hydrogen-bond donors (Lipinski definition) is 1. The SMILES string of the molecule is CCNC(=O)[C@@H](C)N(Cc1cccc(Br)c1)C(=O)CN(c1ccccc1OC)S(=O)(=O)c1ccccc1. The van der Waals surface area contributed by atoms with E-state index in [9.17, 15) is 18.0 Å². The number of halogens is 1. The van der Waals surface area contributed by atoms with Gasteiger partial charge in [0.15, 0.2) is 0 Å². The van der Waals surface area contributed by atoms with Crippen molar-refractivity contribution in [1.29, 1.82) is 0 Å². The molecule has 0 bridgehead atoms.